The van der Waals surface area contributed by atoms with Gasteiger partial charge in [0.25, 0.3) is 0 Å². The van der Waals surface area contributed by atoms with Gasteiger partial charge >= 0.3 is 5.97 Å². The molecule has 0 aromatic carbocycles. The first-order chi connectivity index (χ1) is 9.46. The van der Waals surface area contributed by atoms with Crippen molar-refractivity contribution >= 4 is 11.9 Å². The number of carboxylic acid groups (broad SMARTS) is 1. The molecule has 1 rings (SSSR count). The van der Waals surface area contributed by atoms with E-state index in [1.165, 1.54) is 0 Å². The number of aliphatic carboxylic acids is 1. The molecular formula is C15H28N2O3. The molecule has 0 saturated carbocycles. The van der Waals surface area contributed by atoms with E-state index in [0.717, 1.165) is 38.8 Å². The minimum absolute atomic E-state index is 0.0769. The van der Waals surface area contributed by atoms with Crippen LogP contribution in [-0.2, 0) is 9.59 Å². The van der Waals surface area contributed by atoms with Crippen molar-refractivity contribution in [3.05, 3.63) is 0 Å². The summed E-state index contributed by atoms with van der Waals surface area (Å²) in [7, 11) is 0. The Morgan fingerprint density at radius 1 is 1.20 bits per heavy atom. The molecule has 0 aromatic heterocycles. The summed E-state index contributed by atoms with van der Waals surface area (Å²) >= 11 is 0. The second-order valence-corrected chi connectivity index (χ2v) is 5.83. The van der Waals surface area contributed by atoms with Crippen molar-refractivity contribution in [1.82, 2.24) is 10.6 Å². The van der Waals surface area contributed by atoms with Gasteiger partial charge in [0.1, 0.15) is 5.54 Å². The van der Waals surface area contributed by atoms with Crippen LogP contribution in [0.1, 0.15) is 59.3 Å². The van der Waals surface area contributed by atoms with Gasteiger partial charge in [-0.2, -0.15) is 0 Å². The first kappa shape index (κ1) is 17.0. The van der Waals surface area contributed by atoms with E-state index in [1.807, 2.05) is 13.8 Å². The Labute approximate surface area is 121 Å². The van der Waals surface area contributed by atoms with Crippen molar-refractivity contribution < 1.29 is 14.7 Å². The minimum atomic E-state index is -1.12. The summed E-state index contributed by atoms with van der Waals surface area (Å²) in [5, 5.41) is 15.6. The van der Waals surface area contributed by atoms with Crippen LogP contribution in [0.3, 0.4) is 0 Å². The third-order valence-electron chi connectivity index (χ3n) is 4.74. The summed E-state index contributed by atoms with van der Waals surface area (Å²) in [6, 6.07) is 0. The maximum atomic E-state index is 12.7. The largest absolute Gasteiger partial charge is 0.480 e. The van der Waals surface area contributed by atoms with E-state index in [4.69, 9.17) is 0 Å². The molecule has 1 saturated heterocycles. The summed E-state index contributed by atoms with van der Waals surface area (Å²) in [4.78, 5) is 24.3. The van der Waals surface area contributed by atoms with E-state index < -0.39 is 16.9 Å². The van der Waals surface area contributed by atoms with Gasteiger partial charge in [0.15, 0.2) is 0 Å². The molecule has 1 aliphatic rings. The highest BCUT2D eigenvalue weighted by Crippen LogP contribution is 2.35. The molecule has 0 unspecified atom stereocenters. The highest BCUT2D eigenvalue weighted by Gasteiger charge is 2.44. The number of carbonyl (C=O) groups is 2. The predicted octanol–water partition coefficient (Wildman–Crippen LogP) is 1.92. The Bertz CT molecular complexity index is 340. The van der Waals surface area contributed by atoms with Crippen LogP contribution in [0.2, 0.25) is 0 Å². The molecule has 0 bridgehead atoms. The Morgan fingerprint density at radius 3 is 2.15 bits per heavy atom. The molecule has 0 aliphatic carbocycles. The van der Waals surface area contributed by atoms with Crippen molar-refractivity contribution in [2.24, 2.45) is 5.41 Å². The molecule has 5 heteroatoms. The Hall–Kier alpha value is -1.10. The number of hydrogen-bond acceptors (Lipinski definition) is 3. The molecule has 5 nitrogen and oxygen atoms in total. The van der Waals surface area contributed by atoms with Gasteiger partial charge in [-0.3, -0.25) is 4.79 Å². The Balaban J connectivity index is 2.92. The third kappa shape index (κ3) is 3.32. The summed E-state index contributed by atoms with van der Waals surface area (Å²) in [6.07, 6.45) is 4.15. The van der Waals surface area contributed by atoms with E-state index in [1.54, 1.807) is 0 Å². The average Bonchev–Trinajstić information content (AvgIpc) is 2.45. The van der Waals surface area contributed by atoms with Crippen molar-refractivity contribution in [1.29, 1.82) is 0 Å². The maximum absolute atomic E-state index is 12.7. The van der Waals surface area contributed by atoms with Gasteiger partial charge in [-0.05, 0) is 45.2 Å². The molecule has 0 atom stereocenters. The molecule has 1 aliphatic heterocycles. The number of carbonyl (C=O) groups excluding carboxylic acids is 1. The molecule has 20 heavy (non-hydrogen) atoms. The van der Waals surface area contributed by atoms with E-state index >= 15 is 0 Å². The van der Waals surface area contributed by atoms with Gasteiger partial charge in [0, 0.05) is 0 Å². The van der Waals surface area contributed by atoms with Gasteiger partial charge in [0.05, 0.1) is 5.41 Å². The van der Waals surface area contributed by atoms with Gasteiger partial charge in [-0.1, -0.05) is 27.2 Å². The number of rotatable bonds is 7. The molecule has 0 spiro atoms. The zero-order chi connectivity index (χ0) is 15.2. The molecule has 116 valence electrons. The average molecular weight is 284 g/mol. The fraction of sp³-hybridized carbons (Fsp3) is 0.867. The summed E-state index contributed by atoms with van der Waals surface area (Å²) in [5.41, 5.74) is -1.52. The van der Waals surface area contributed by atoms with Crippen LogP contribution in [-0.4, -0.2) is 35.6 Å². The van der Waals surface area contributed by atoms with Gasteiger partial charge in [0.2, 0.25) is 5.91 Å². The van der Waals surface area contributed by atoms with Crippen molar-refractivity contribution in [2.75, 3.05) is 13.1 Å². The number of carboxylic acids is 1. The quantitative estimate of drug-likeness (QED) is 0.667. The highest BCUT2D eigenvalue weighted by atomic mass is 16.4. The van der Waals surface area contributed by atoms with Crippen molar-refractivity contribution in [3.63, 3.8) is 0 Å². The standard InChI is InChI=1S/C15H28N2O3/c1-4-7-14(8-10-16-11-9-14)12(18)17-15(5-2,6-3)13(19)20/h16H,4-11H2,1-3H3,(H,17,18)(H,19,20). The highest BCUT2D eigenvalue weighted by molar-refractivity contribution is 5.90. The normalized spacial score (nSPS) is 18.6. The van der Waals surface area contributed by atoms with Gasteiger partial charge < -0.3 is 15.7 Å². The van der Waals surface area contributed by atoms with E-state index in [-0.39, 0.29) is 5.91 Å². The Kier molecular flexibility index (Phi) is 5.99. The van der Waals surface area contributed by atoms with Crippen LogP contribution < -0.4 is 10.6 Å². The number of piperidine rings is 1. The van der Waals surface area contributed by atoms with Crippen LogP contribution in [0.4, 0.5) is 0 Å². The van der Waals surface area contributed by atoms with E-state index in [9.17, 15) is 14.7 Å². The minimum Gasteiger partial charge on any atom is -0.480 e. The lowest BCUT2D eigenvalue weighted by Gasteiger charge is -2.39. The van der Waals surface area contributed by atoms with E-state index in [0.29, 0.717) is 12.8 Å². The van der Waals surface area contributed by atoms with Gasteiger partial charge in [-0.15, -0.1) is 0 Å². The molecule has 0 radical (unpaired) electrons. The zero-order valence-corrected chi connectivity index (χ0v) is 12.9. The summed E-state index contributed by atoms with van der Waals surface area (Å²) in [5.74, 6) is -1.01. The summed E-state index contributed by atoms with van der Waals surface area (Å²) in [6.45, 7) is 7.35. The van der Waals surface area contributed by atoms with E-state index in [2.05, 4.69) is 17.6 Å². The van der Waals surface area contributed by atoms with Crippen LogP contribution in [0.5, 0.6) is 0 Å². The van der Waals surface area contributed by atoms with Crippen LogP contribution >= 0.6 is 0 Å². The maximum Gasteiger partial charge on any atom is 0.329 e. The van der Waals surface area contributed by atoms with Crippen molar-refractivity contribution in [3.8, 4) is 0 Å². The van der Waals surface area contributed by atoms with Crippen LogP contribution in [0, 0.1) is 5.41 Å². The fourth-order valence-electron chi connectivity index (χ4n) is 3.11. The first-order valence-electron chi connectivity index (χ1n) is 7.73. The second-order valence-electron chi connectivity index (χ2n) is 5.83. The number of amides is 1. The van der Waals surface area contributed by atoms with Crippen LogP contribution in [0.15, 0.2) is 0 Å². The lowest BCUT2D eigenvalue weighted by atomic mass is 9.73. The molecule has 3 N–H and O–H groups in total. The summed E-state index contributed by atoms with van der Waals surface area (Å²) < 4.78 is 0. The smallest absolute Gasteiger partial charge is 0.329 e. The lowest BCUT2D eigenvalue weighted by Crippen LogP contribution is -2.59. The molecule has 1 fully saturated rings. The predicted molar refractivity (Wildman–Crippen MR) is 78.5 cm³/mol. The van der Waals surface area contributed by atoms with Gasteiger partial charge in [-0.25, -0.2) is 4.79 Å². The van der Waals surface area contributed by atoms with Crippen molar-refractivity contribution in [2.45, 2.75) is 64.8 Å². The lowest BCUT2D eigenvalue weighted by molar-refractivity contribution is -0.150. The molecule has 1 heterocycles. The third-order valence-corrected chi connectivity index (χ3v) is 4.74. The molecule has 1 amide bonds. The molecule has 0 aromatic rings. The topological polar surface area (TPSA) is 78.4 Å². The number of nitrogens with one attached hydrogen (secondary N) is 2. The monoisotopic (exact) mass is 284 g/mol. The SMILES string of the molecule is CCCC1(C(=O)NC(CC)(CC)C(=O)O)CCNCC1. The van der Waals surface area contributed by atoms with Crippen LogP contribution in [0.25, 0.3) is 0 Å². The fourth-order valence-corrected chi connectivity index (χ4v) is 3.11. The second kappa shape index (κ2) is 7.07. The molecular weight excluding hydrogens is 256 g/mol. The zero-order valence-electron chi connectivity index (χ0n) is 12.9. The number of hydrogen-bond donors (Lipinski definition) is 3. The first-order valence-corrected chi connectivity index (χ1v) is 7.73. The Morgan fingerprint density at radius 2 is 1.75 bits per heavy atom.